The molecular formula is C26H37N7O3S. The Labute approximate surface area is 222 Å². The zero-order valence-electron chi connectivity index (χ0n) is 21.9. The van der Waals surface area contributed by atoms with Gasteiger partial charge in [0.15, 0.2) is 5.13 Å². The van der Waals surface area contributed by atoms with Crippen LogP contribution < -0.4 is 16.0 Å². The molecule has 1 saturated heterocycles. The van der Waals surface area contributed by atoms with Gasteiger partial charge in [0.25, 0.3) is 0 Å². The number of allylic oxidation sites excluding steroid dienone is 2. The van der Waals surface area contributed by atoms with Crippen LogP contribution >= 0.6 is 11.3 Å². The van der Waals surface area contributed by atoms with Crippen LogP contribution in [-0.4, -0.2) is 78.4 Å². The zero-order valence-corrected chi connectivity index (χ0v) is 22.7. The molecule has 0 aromatic carbocycles. The first-order chi connectivity index (χ1) is 18.0. The van der Waals surface area contributed by atoms with Crippen molar-refractivity contribution in [2.24, 2.45) is 5.92 Å². The second-order valence-corrected chi connectivity index (χ2v) is 10.2. The molecule has 1 aliphatic heterocycles. The van der Waals surface area contributed by atoms with Crippen LogP contribution in [0.25, 0.3) is 0 Å². The number of morpholine rings is 1. The van der Waals surface area contributed by atoms with Gasteiger partial charge >= 0.3 is 5.97 Å². The van der Waals surface area contributed by atoms with Crippen molar-refractivity contribution in [3.63, 3.8) is 0 Å². The molecule has 0 bridgehead atoms. The van der Waals surface area contributed by atoms with Gasteiger partial charge in [-0.3, -0.25) is 10.2 Å². The smallest absolute Gasteiger partial charge is 0.350 e. The van der Waals surface area contributed by atoms with Gasteiger partial charge in [0.1, 0.15) is 16.5 Å². The fourth-order valence-electron chi connectivity index (χ4n) is 4.06. The van der Waals surface area contributed by atoms with E-state index in [2.05, 4.69) is 61.0 Å². The molecule has 37 heavy (non-hydrogen) atoms. The second kappa shape index (κ2) is 13.5. The van der Waals surface area contributed by atoms with E-state index in [9.17, 15) is 4.79 Å². The highest BCUT2D eigenvalue weighted by molar-refractivity contribution is 7.17. The minimum Gasteiger partial charge on any atom is -0.462 e. The van der Waals surface area contributed by atoms with Gasteiger partial charge in [-0.05, 0) is 44.7 Å². The summed E-state index contributed by atoms with van der Waals surface area (Å²) in [6.07, 6.45) is 8.71. The molecule has 3 N–H and O–H groups in total. The Morgan fingerprint density at radius 3 is 2.73 bits per heavy atom. The van der Waals surface area contributed by atoms with Crippen LogP contribution in [0.15, 0.2) is 29.9 Å². The van der Waals surface area contributed by atoms with Gasteiger partial charge in [0, 0.05) is 32.2 Å². The van der Waals surface area contributed by atoms with E-state index in [4.69, 9.17) is 9.47 Å². The van der Waals surface area contributed by atoms with Crippen molar-refractivity contribution in [3.8, 4) is 0 Å². The highest BCUT2D eigenvalue weighted by atomic mass is 32.1. The molecule has 1 atom stereocenters. The highest BCUT2D eigenvalue weighted by Gasteiger charge is 2.17. The predicted octanol–water partition coefficient (Wildman–Crippen LogP) is 4.23. The minimum absolute atomic E-state index is 0.320. The third-order valence-corrected chi connectivity index (χ3v) is 7.18. The predicted molar refractivity (Wildman–Crippen MR) is 148 cm³/mol. The first-order valence-electron chi connectivity index (χ1n) is 13.0. The SMILES string of the molecule is CCOC(=O)c1sc(Nc2nc(NCCCN3CCOCC3)cc(NCC3=CCC(C)C=C3)n2)nc1C. The normalized spacial score (nSPS) is 17.8. The standard InChI is InChI=1S/C26H37N7O3S/c1-4-36-24(34)23-19(3)29-26(37-23)32-25-30-21(27-10-5-11-33-12-14-35-15-13-33)16-22(31-25)28-17-20-8-6-18(2)7-9-20/h6,8-9,16,18H,4-5,7,10-15,17H2,1-3H3,(H3,27,28,29,30,31,32). The van der Waals surface area contributed by atoms with E-state index in [0.717, 1.165) is 58.1 Å². The van der Waals surface area contributed by atoms with E-state index in [1.54, 1.807) is 13.8 Å². The maximum absolute atomic E-state index is 12.2. The van der Waals surface area contributed by atoms with Crippen LogP contribution in [0.2, 0.25) is 0 Å². The Hall–Kier alpha value is -3.02. The maximum Gasteiger partial charge on any atom is 0.350 e. The van der Waals surface area contributed by atoms with Crippen LogP contribution in [0.3, 0.4) is 0 Å². The number of aryl methyl sites for hydroxylation is 1. The molecule has 3 heterocycles. The van der Waals surface area contributed by atoms with Crippen LogP contribution in [0.5, 0.6) is 0 Å². The van der Waals surface area contributed by atoms with E-state index in [1.807, 2.05) is 6.07 Å². The molecule has 11 heteroatoms. The van der Waals surface area contributed by atoms with Crippen molar-refractivity contribution in [1.29, 1.82) is 0 Å². The lowest BCUT2D eigenvalue weighted by Crippen LogP contribution is -2.37. The van der Waals surface area contributed by atoms with Crippen molar-refractivity contribution in [2.75, 3.05) is 68.5 Å². The number of aromatic nitrogens is 3. The summed E-state index contributed by atoms with van der Waals surface area (Å²) < 4.78 is 10.6. The molecule has 0 spiro atoms. The second-order valence-electron chi connectivity index (χ2n) is 9.18. The molecule has 0 amide bonds. The molecule has 4 rings (SSSR count). The van der Waals surface area contributed by atoms with E-state index in [0.29, 0.717) is 46.5 Å². The molecule has 2 aliphatic rings. The van der Waals surface area contributed by atoms with E-state index in [1.165, 1.54) is 16.9 Å². The van der Waals surface area contributed by atoms with Gasteiger partial charge in [0.2, 0.25) is 5.95 Å². The van der Waals surface area contributed by atoms with Crippen LogP contribution in [0.1, 0.15) is 42.1 Å². The number of nitrogens with one attached hydrogen (secondary N) is 3. The number of nitrogens with zero attached hydrogens (tertiary/aromatic N) is 4. The minimum atomic E-state index is -0.368. The van der Waals surface area contributed by atoms with Gasteiger partial charge in [-0.25, -0.2) is 9.78 Å². The van der Waals surface area contributed by atoms with Crippen LogP contribution in [0, 0.1) is 12.8 Å². The summed E-state index contributed by atoms with van der Waals surface area (Å²) in [5.41, 5.74) is 1.85. The molecule has 0 saturated carbocycles. The Kier molecular flexibility index (Phi) is 9.86. The quantitative estimate of drug-likeness (QED) is 0.274. The molecule has 10 nitrogen and oxygen atoms in total. The first kappa shape index (κ1) is 27.0. The Bertz CT molecular complexity index is 1110. The number of anilines is 4. The average Bonchev–Trinajstić information content (AvgIpc) is 3.27. The number of carbonyl (C=O) groups is 1. The third kappa shape index (κ3) is 8.24. The molecule has 0 radical (unpaired) electrons. The lowest BCUT2D eigenvalue weighted by molar-refractivity contribution is 0.0378. The number of thiazole rings is 1. The summed E-state index contributed by atoms with van der Waals surface area (Å²) >= 11 is 1.24. The average molecular weight is 528 g/mol. The van der Waals surface area contributed by atoms with Gasteiger partial charge in [-0.15, -0.1) is 0 Å². The summed E-state index contributed by atoms with van der Waals surface area (Å²) in [6.45, 7) is 12.2. The molecule has 1 fully saturated rings. The fourth-order valence-corrected chi connectivity index (χ4v) is 4.91. The summed E-state index contributed by atoms with van der Waals surface area (Å²) in [4.78, 5) is 28.9. The fraction of sp³-hybridized carbons (Fsp3) is 0.538. The number of ether oxygens (including phenoxy) is 2. The lowest BCUT2D eigenvalue weighted by Gasteiger charge is -2.26. The maximum atomic E-state index is 12.2. The summed E-state index contributed by atoms with van der Waals surface area (Å²) in [5.74, 6) is 2.05. The van der Waals surface area contributed by atoms with E-state index >= 15 is 0 Å². The number of carbonyl (C=O) groups excluding carboxylic acids is 1. The van der Waals surface area contributed by atoms with Crippen molar-refractivity contribution in [2.45, 2.75) is 33.6 Å². The summed E-state index contributed by atoms with van der Waals surface area (Å²) in [6, 6.07) is 1.92. The number of hydrogen-bond acceptors (Lipinski definition) is 11. The number of esters is 1. The highest BCUT2D eigenvalue weighted by Crippen LogP contribution is 2.26. The topological polar surface area (TPSA) is 114 Å². The number of rotatable bonds is 12. The lowest BCUT2D eigenvalue weighted by atomic mass is 9.99. The van der Waals surface area contributed by atoms with Gasteiger partial charge in [-0.1, -0.05) is 36.5 Å². The molecule has 2 aromatic rings. The molecule has 1 aliphatic carbocycles. The monoisotopic (exact) mass is 527 g/mol. The Morgan fingerprint density at radius 1 is 1.22 bits per heavy atom. The summed E-state index contributed by atoms with van der Waals surface area (Å²) in [7, 11) is 0. The summed E-state index contributed by atoms with van der Waals surface area (Å²) in [5, 5.41) is 10.6. The van der Waals surface area contributed by atoms with E-state index < -0.39 is 0 Å². The Balaban J connectivity index is 1.43. The van der Waals surface area contributed by atoms with Crippen LogP contribution in [-0.2, 0) is 9.47 Å². The molecule has 1 unspecified atom stereocenters. The largest absolute Gasteiger partial charge is 0.462 e. The van der Waals surface area contributed by atoms with E-state index in [-0.39, 0.29) is 5.97 Å². The third-order valence-electron chi connectivity index (χ3n) is 6.13. The van der Waals surface area contributed by atoms with Crippen LogP contribution in [0.4, 0.5) is 22.7 Å². The van der Waals surface area contributed by atoms with Gasteiger partial charge < -0.3 is 20.1 Å². The van der Waals surface area contributed by atoms with Crippen molar-refractivity contribution in [1.82, 2.24) is 19.9 Å². The molecule has 2 aromatic heterocycles. The van der Waals surface area contributed by atoms with Crippen molar-refractivity contribution in [3.05, 3.63) is 40.4 Å². The van der Waals surface area contributed by atoms with Gasteiger partial charge in [0.05, 0.1) is 25.5 Å². The Morgan fingerprint density at radius 2 is 2.00 bits per heavy atom. The van der Waals surface area contributed by atoms with Crippen molar-refractivity contribution < 1.29 is 14.3 Å². The van der Waals surface area contributed by atoms with Gasteiger partial charge in [-0.2, -0.15) is 9.97 Å². The molecule has 200 valence electrons. The molecular weight excluding hydrogens is 490 g/mol. The number of hydrogen-bond donors (Lipinski definition) is 3. The zero-order chi connectivity index (χ0) is 26.0. The van der Waals surface area contributed by atoms with Crippen molar-refractivity contribution >= 4 is 40.0 Å². The first-order valence-corrected chi connectivity index (χ1v) is 13.8.